The molecule has 0 radical (unpaired) electrons. The molecular weight excluding hydrogens is 248 g/mol. The highest BCUT2D eigenvalue weighted by molar-refractivity contribution is 7.80. The minimum absolute atomic E-state index is 0.235. The molecule has 88 valence electrons. The number of rotatable bonds is 3. The van der Waals surface area contributed by atoms with E-state index in [-0.39, 0.29) is 6.04 Å². The highest BCUT2D eigenvalue weighted by Crippen LogP contribution is 2.18. The fraction of sp³-hybridized carbons (Fsp3) is 0.154. The van der Waals surface area contributed by atoms with E-state index in [1.54, 1.807) is 11.3 Å². The van der Waals surface area contributed by atoms with Crippen LogP contribution in [0.1, 0.15) is 17.8 Å². The van der Waals surface area contributed by atoms with Crippen LogP contribution in [0.25, 0.3) is 0 Å². The lowest BCUT2D eigenvalue weighted by molar-refractivity contribution is 0.737. The summed E-state index contributed by atoms with van der Waals surface area (Å²) in [7, 11) is 0. The van der Waals surface area contributed by atoms with E-state index in [2.05, 4.69) is 29.0 Å². The summed E-state index contributed by atoms with van der Waals surface area (Å²) in [6.07, 6.45) is 0. The zero-order chi connectivity index (χ0) is 12.1. The van der Waals surface area contributed by atoms with Gasteiger partial charge in [0.05, 0.1) is 6.04 Å². The Kier molecular flexibility index (Phi) is 4.12. The minimum atomic E-state index is 0.235. The molecule has 2 nitrogen and oxygen atoms in total. The maximum absolute atomic E-state index is 5.27. The molecule has 4 heteroatoms. The molecule has 0 saturated carbocycles. The molecule has 0 unspecified atom stereocenters. The average Bonchev–Trinajstić information content (AvgIpc) is 2.83. The second kappa shape index (κ2) is 5.80. The smallest absolute Gasteiger partial charge is 0.171 e. The predicted octanol–water partition coefficient (Wildman–Crippen LogP) is 3.80. The van der Waals surface area contributed by atoms with Crippen LogP contribution in [-0.2, 0) is 0 Å². The minimum Gasteiger partial charge on any atom is -0.355 e. The first-order chi connectivity index (χ1) is 8.25. The number of thiocarbonyl (C=S) groups is 1. The number of benzene rings is 1. The Morgan fingerprint density at radius 3 is 2.59 bits per heavy atom. The lowest BCUT2D eigenvalue weighted by Crippen LogP contribution is -2.30. The first kappa shape index (κ1) is 12.1. The van der Waals surface area contributed by atoms with Gasteiger partial charge in [-0.15, -0.1) is 11.3 Å². The molecule has 2 aromatic rings. The Balaban J connectivity index is 1.90. The standard InChI is InChI=1S/C13H14N2S2/c1-10(12-8-5-9-17-12)14-13(16)15-11-6-3-2-4-7-11/h2-10H,1H3,(H2,14,15,16)/t10-/m1/s1. The van der Waals surface area contributed by atoms with Crippen molar-refractivity contribution in [3.8, 4) is 0 Å². The van der Waals surface area contributed by atoms with E-state index in [4.69, 9.17) is 12.2 Å². The van der Waals surface area contributed by atoms with E-state index < -0.39 is 0 Å². The van der Waals surface area contributed by atoms with Gasteiger partial charge in [-0.05, 0) is 42.7 Å². The number of thiophene rings is 1. The fourth-order valence-corrected chi connectivity index (χ4v) is 2.52. The van der Waals surface area contributed by atoms with Crippen molar-refractivity contribution in [2.75, 3.05) is 5.32 Å². The molecule has 17 heavy (non-hydrogen) atoms. The summed E-state index contributed by atoms with van der Waals surface area (Å²) in [5, 5.41) is 9.14. The Morgan fingerprint density at radius 1 is 1.18 bits per heavy atom. The number of nitrogens with one attached hydrogen (secondary N) is 2. The molecule has 0 aliphatic carbocycles. The van der Waals surface area contributed by atoms with Crippen molar-refractivity contribution in [1.29, 1.82) is 0 Å². The van der Waals surface area contributed by atoms with Crippen molar-refractivity contribution in [3.05, 3.63) is 52.7 Å². The molecule has 1 aromatic heterocycles. The van der Waals surface area contributed by atoms with Gasteiger partial charge < -0.3 is 10.6 Å². The second-order valence-corrected chi connectivity index (χ2v) is 5.09. The van der Waals surface area contributed by atoms with Crippen LogP contribution in [0.4, 0.5) is 5.69 Å². The SMILES string of the molecule is C[C@@H](NC(=S)Nc1ccccc1)c1cccs1. The third kappa shape index (κ3) is 3.54. The summed E-state index contributed by atoms with van der Waals surface area (Å²) in [4.78, 5) is 1.28. The number of hydrogen-bond acceptors (Lipinski definition) is 2. The summed E-state index contributed by atoms with van der Waals surface area (Å²) in [5.74, 6) is 0. The van der Waals surface area contributed by atoms with Crippen LogP contribution in [0, 0.1) is 0 Å². The van der Waals surface area contributed by atoms with Gasteiger partial charge >= 0.3 is 0 Å². The van der Waals surface area contributed by atoms with Crippen LogP contribution in [0.2, 0.25) is 0 Å². The van der Waals surface area contributed by atoms with Crippen LogP contribution >= 0.6 is 23.6 Å². The van der Waals surface area contributed by atoms with Crippen LogP contribution in [0.3, 0.4) is 0 Å². The molecule has 2 rings (SSSR count). The third-order valence-electron chi connectivity index (χ3n) is 2.35. The quantitative estimate of drug-likeness (QED) is 0.823. The lowest BCUT2D eigenvalue weighted by Gasteiger charge is -2.15. The highest BCUT2D eigenvalue weighted by atomic mass is 32.1. The number of anilines is 1. The van der Waals surface area contributed by atoms with Crippen molar-refractivity contribution in [2.45, 2.75) is 13.0 Å². The van der Waals surface area contributed by atoms with Gasteiger partial charge in [0, 0.05) is 10.6 Å². The van der Waals surface area contributed by atoms with Crippen LogP contribution in [-0.4, -0.2) is 5.11 Å². The van der Waals surface area contributed by atoms with Gasteiger partial charge in [0.2, 0.25) is 0 Å². The zero-order valence-electron chi connectivity index (χ0n) is 9.51. The van der Waals surface area contributed by atoms with Crippen molar-refractivity contribution in [2.24, 2.45) is 0 Å². The fourth-order valence-electron chi connectivity index (χ4n) is 1.49. The zero-order valence-corrected chi connectivity index (χ0v) is 11.1. The van der Waals surface area contributed by atoms with Gasteiger partial charge in [-0.1, -0.05) is 24.3 Å². The largest absolute Gasteiger partial charge is 0.355 e. The third-order valence-corrected chi connectivity index (χ3v) is 3.62. The van der Waals surface area contributed by atoms with E-state index in [1.165, 1.54) is 4.88 Å². The molecule has 0 saturated heterocycles. The molecule has 0 aliphatic heterocycles. The molecule has 0 spiro atoms. The highest BCUT2D eigenvalue weighted by Gasteiger charge is 2.07. The Bertz CT molecular complexity index is 465. The number of hydrogen-bond donors (Lipinski definition) is 2. The molecule has 2 N–H and O–H groups in total. The van der Waals surface area contributed by atoms with Crippen molar-refractivity contribution >= 4 is 34.4 Å². The Labute approximate surface area is 111 Å². The van der Waals surface area contributed by atoms with Crippen LogP contribution < -0.4 is 10.6 Å². The van der Waals surface area contributed by atoms with E-state index in [9.17, 15) is 0 Å². The molecule has 0 bridgehead atoms. The monoisotopic (exact) mass is 262 g/mol. The maximum atomic E-state index is 5.27. The van der Waals surface area contributed by atoms with Crippen molar-refractivity contribution < 1.29 is 0 Å². The molecule has 1 heterocycles. The van der Waals surface area contributed by atoms with Gasteiger partial charge in [0.1, 0.15) is 0 Å². The van der Waals surface area contributed by atoms with E-state index in [1.807, 2.05) is 36.4 Å². The number of para-hydroxylation sites is 1. The van der Waals surface area contributed by atoms with Gasteiger partial charge in [-0.2, -0.15) is 0 Å². The van der Waals surface area contributed by atoms with Gasteiger partial charge in [-0.25, -0.2) is 0 Å². The summed E-state index contributed by atoms with van der Waals surface area (Å²) in [6.45, 7) is 2.10. The van der Waals surface area contributed by atoms with Gasteiger partial charge in [0.15, 0.2) is 5.11 Å². The van der Waals surface area contributed by atoms with Gasteiger partial charge in [0.25, 0.3) is 0 Å². The van der Waals surface area contributed by atoms with Crippen molar-refractivity contribution in [3.63, 3.8) is 0 Å². The summed E-state index contributed by atoms with van der Waals surface area (Å²) in [6, 6.07) is 14.3. The predicted molar refractivity (Wildman–Crippen MR) is 78.5 cm³/mol. The Hall–Kier alpha value is -1.39. The maximum Gasteiger partial charge on any atom is 0.171 e. The summed E-state index contributed by atoms with van der Waals surface area (Å²) >= 11 is 7.00. The van der Waals surface area contributed by atoms with Crippen molar-refractivity contribution in [1.82, 2.24) is 5.32 Å². The van der Waals surface area contributed by atoms with Crippen LogP contribution in [0.5, 0.6) is 0 Å². The molecule has 1 aromatic carbocycles. The molecule has 1 atom stereocenters. The molecule has 0 fully saturated rings. The molecule has 0 amide bonds. The van der Waals surface area contributed by atoms with E-state index in [0.29, 0.717) is 5.11 Å². The topological polar surface area (TPSA) is 24.1 Å². The first-order valence-corrected chi connectivity index (χ1v) is 6.70. The average molecular weight is 262 g/mol. The summed E-state index contributed by atoms with van der Waals surface area (Å²) in [5.41, 5.74) is 1.00. The van der Waals surface area contributed by atoms with E-state index >= 15 is 0 Å². The molecule has 0 aliphatic rings. The van der Waals surface area contributed by atoms with Gasteiger partial charge in [-0.3, -0.25) is 0 Å². The van der Waals surface area contributed by atoms with Crippen LogP contribution in [0.15, 0.2) is 47.8 Å². The lowest BCUT2D eigenvalue weighted by atomic mass is 10.3. The van der Waals surface area contributed by atoms with E-state index in [0.717, 1.165) is 5.69 Å². The second-order valence-electron chi connectivity index (χ2n) is 3.70. The molecular formula is C13H14N2S2. The normalized spacial score (nSPS) is 11.8. The Morgan fingerprint density at radius 2 is 1.94 bits per heavy atom. The summed E-state index contributed by atoms with van der Waals surface area (Å²) < 4.78 is 0. The first-order valence-electron chi connectivity index (χ1n) is 5.41.